The van der Waals surface area contributed by atoms with Crippen LogP contribution in [0.2, 0.25) is 0 Å². The zero-order chi connectivity index (χ0) is 13.5. The molecule has 3 rings (SSSR count). The third-order valence-electron chi connectivity index (χ3n) is 3.57. The molecular formula is C12H17BrN2O3S. The Labute approximate surface area is 121 Å². The number of hydrogen-bond donors (Lipinski definition) is 2. The first-order valence-corrected chi connectivity index (χ1v) is 8.86. The molecule has 0 bridgehead atoms. The van der Waals surface area contributed by atoms with Gasteiger partial charge in [-0.2, -0.15) is 0 Å². The maximum atomic E-state index is 12.2. The molecular weight excluding hydrogens is 332 g/mol. The van der Waals surface area contributed by atoms with E-state index in [0.717, 1.165) is 19.3 Å². The Morgan fingerprint density at radius 1 is 1.26 bits per heavy atom. The van der Waals surface area contributed by atoms with E-state index in [-0.39, 0.29) is 15.6 Å². The third-order valence-corrected chi connectivity index (χ3v) is 5.94. The molecule has 0 atom stereocenters. The van der Waals surface area contributed by atoms with Gasteiger partial charge in [0.1, 0.15) is 10.7 Å². The molecule has 1 aromatic rings. The molecule has 0 radical (unpaired) electrons. The van der Waals surface area contributed by atoms with Crippen LogP contribution in [0, 0.1) is 0 Å². The van der Waals surface area contributed by atoms with Crippen LogP contribution in [-0.4, -0.2) is 20.5 Å². The molecule has 0 amide bonds. The molecule has 1 aromatic heterocycles. The highest BCUT2D eigenvalue weighted by atomic mass is 79.9. The normalized spacial score (nSPS) is 20.5. The zero-order valence-electron chi connectivity index (χ0n) is 10.5. The van der Waals surface area contributed by atoms with Crippen molar-refractivity contribution in [2.45, 2.75) is 55.6 Å². The molecule has 0 aromatic carbocycles. The van der Waals surface area contributed by atoms with Gasteiger partial charge in [-0.15, -0.1) is 0 Å². The van der Waals surface area contributed by atoms with Gasteiger partial charge in [-0.3, -0.25) is 0 Å². The molecule has 0 spiro atoms. The molecule has 0 aliphatic heterocycles. The second-order valence-corrected chi connectivity index (χ2v) is 7.66. The van der Waals surface area contributed by atoms with Crippen molar-refractivity contribution in [1.29, 1.82) is 0 Å². The lowest BCUT2D eigenvalue weighted by atomic mass is 9.94. The molecule has 2 fully saturated rings. The first kappa shape index (κ1) is 13.6. The summed E-state index contributed by atoms with van der Waals surface area (Å²) >= 11 is 3.19. The molecule has 0 unspecified atom stereocenters. The van der Waals surface area contributed by atoms with E-state index < -0.39 is 10.0 Å². The van der Waals surface area contributed by atoms with E-state index in [1.54, 1.807) is 6.07 Å². The molecule has 5 nitrogen and oxygen atoms in total. The van der Waals surface area contributed by atoms with Gasteiger partial charge < -0.3 is 9.73 Å². The maximum absolute atomic E-state index is 12.2. The minimum Gasteiger partial charge on any atom is -0.452 e. The van der Waals surface area contributed by atoms with Gasteiger partial charge in [0, 0.05) is 18.2 Å². The summed E-state index contributed by atoms with van der Waals surface area (Å²) in [6.07, 6.45) is 5.32. The summed E-state index contributed by atoms with van der Waals surface area (Å²) in [5.41, 5.74) is 0. The summed E-state index contributed by atoms with van der Waals surface area (Å²) in [7, 11) is -3.47. The number of furan rings is 1. The van der Waals surface area contributed by atoms with Gasteiger partial charge >= 0.3 is 0 Å². The van der Waals surface area contributed by atoms with Crippen LogP contribution in [0.4, 0.5) is 0 Å². The topological polar surface area (TPSA) is 71.3 Å². The SMILES string of the molecule is O=S(=O)(NC1CCC1)c1cc(CNC2CC2)oc1Br. The van der Waals surface area contributed by atoms with Gasteiger partial charge in [-0.25, -0.2) is 13.1 Å². The van der Waals surface area contributed by atoms with Gasteiger partial charge in [0.2, 0.25) is 10.0 Å². The van der Waals surface area contributed by atoms with E-state index in [2.05, 4.69) is 26.0 Å². The van der Waals surface area contributed by atoms with Crippen molar-refractivity contribution in [2.75, 3.05) is 0 Å². The first-order valence-electron chi connectivity index (χ1n) is 6.58. The lowest BCUT2D eigenvalue weighted by molar-refractivity contribution is 0.383. The van der Waals surface area contributed by atoms with Crippen molar-refractivity contribution in [3.05, 3.63) is 16.5 Å². The van der Waals surface area contributed by atoms with Crippen molar-refractivity contribution >= 4 is 26.0 Å². The van der Waals surface area contributed by atoms with Gasteiger partial charge in [0.15, 0.2) is 4.67 Å². The highest BCUT2D eigenvalue weighted by Gasteiger charge is 2.28. The number of hydrogen-bond acceptors (Lipinski definition) is 4. The Kier molecular flexibility index (Phi) is 3.72. The third kappa shape index (κ3) is 3.21. The lowest BCUT2D eigenvalue weighted by Crippen LogP contribution is -2.39. The summed E-state index contributed by atoms with van der Waals surface area (Å²) < 4.78 is 32.8. The zero-order valence-corrected chi connectivity index (χ0v) is 12.9. The van der Waals surface area contributed by atoms with E-state index >= 15 is 0 Å². The average molecular weight is 349 g/mol. The lowest BCUT2D eigenvalue weighted by Gasteiger charge is -2.25. The van der Waals surface area contributed by atoms with E-state index in [1.165, 1.54) is 12.8 Å². The van der Waals surface area contributed by atoms with E-state index in [9.17, 15) is 8.42 Å². The van der Waals surface area contributed by atoms with Crippen molar-refractivity contribution in [3.63, 3.8) is 0 Å². The minimum absolute atomic E-state index is 0.0832. The predicted molar refractivity (Wildman–Crippen MR) is 74.2 cm³/mol. The Bertz CT molecular complexity index is 562. The first-order chi connectivity index (χ1) is 9.04. The Morgan fingerprint density at radius 3 is 2.58 bits per heavy atom. The molecule has 1 heterocycles. The van der Waals surface area contributed by atoms with Crippen molar-refractivity contribution in [2.24, 2.45) is 0 Å². The van der Waals surface area contributed by atoms with Crippen LogP contribution in [-0.2, 0) is 16.6 Å². The van der Waals surface area contributed by atoms with Crippen LogP contribution in [0.3, 0.4) is 0 Å². The van der Waals surface area contributed by atoms with Gasteiger partial charge in [0.05, 0.1) is 6.54 Å². The quantitative estimate of drug-likeness (QED) is 0.825. The van der Waals surface area contributed by atoms with Gasteiger partial charge in [0.25, 0.3) is 0 Å². The second kappa shape index (κ2) is 5.20. The summed E-state index contributed by atoms with van der Waals surface area (Å²) in [4.78, 5) is 0.201. The van der Waals surface area contributed by atoms with E-state index in [4.69, 9.17) is 4.42 Å². The largest absolute Gasteiger partial charge is 0.452 e. The fourth-order valence-corrected chi connectivity index (χ4v) is 4.31. The summed E-state index contributed by atoms with van der Waals surface area (Å²) in [5, 5.41) is 3.30. The molecule has 2 saturated carbocycles. The Morgan fingerprint density at radius 2 is 2.00 bits per heavy atom. The highest BCUT2D eigenvalue weighted by Crippen LogP contribution is 2.29. The van der Waals surface area contributed by atoms with Crippen LogP contribution in [0.15, 0.2) is 20.0 Å². The van der Waals surface area contributed by atoms with Crippen LogP contribution in [0.1, 0.15) is 37.9 Å². The second-order valence-electron chi connectivity index (χ2n) is 5.25. The molecule has 2 N–H and O–H groups in total. The monoisotopic (exact) mass is 348 g/mol. The van der Waals surface area contributed by atoms with Crippen molar-refractivity contribution in [3.8, 4) is 0 Å². The maximum Gasteiger partial charge on any atom is 0.245 e. The molecule has 0 saturated heterocycles. The molecule has 2 aliphatic carbocycles. The standard InChI is InChI=1S/C12H17BrN2O3S/c13-12-11(19(16,17)15-9-2-1-3-9)6-10(18-12)7-14-8-4-5-8/h6,8-9,14-15H,1-5,7H2. The van der Waals surface area contributed by atoms with E-state index in [0.29, 0.717) is 18.3 Å². The van der Waals surface area contributed by atoms with Gasteiger partial charge in [-0.1, -0.05) is 6.42 Å². The molecule has 19 heavy (non-hydrogen) atoms. The average Bonchev–Trinajstić information content (AvgIpc) is 3.04. The van der Waals surface area contributed by atoms with Crippen LogP contribution in [0.25, 0.3) is 0 Å². The number of nitrogens with one attached hydrogen (secondary N) is 2. The molecule has 106 valence electrons. The van der Waals surface area contributed by atoms with Crippen LogP contribution >= 0.6 is 15.9 Å². The van der Waals surface area contributed by atoms with Crippen molar-refractivity contribution in [1.82, 2.24) is 10.0 Å². The van der Waals surface area contributed by atoms with E-state index in [1.807, 2.05) is 0 Å². The van der Waals surface area contributed by atoms with Crippen molar-refractivity contribution < 1.29 is 12.8 Å². The summed E-state index contributed by atoms with van der Waals surface area (Å²) in [6.45, 7) is 0.572. The van der Waals surface area contributed by atoms with Gasteiger partial charge in [-0.05, 0) is 41.6 Å². The summed E-state index contributed by atoms with van der Waals surface area (Å²) in [5.74, 6) is 0.646. The highest BCUT2D eigenvalue weighted by molar-refractivity contribution is 9.10. The Balaban J connectivity index is 1.70. The smallest absolute Gasteiger partial charge is 0.245 e. The van der Waals surface area contributed by atoms with Crippen LogP contribution in [0.5, 0.6) is 0 Å². The number of sulfonamides is 1. The minimum atomic E-state index is -3.47. The number of halogens is 1. The molecule has 2 aliphatic rings. The summed E-state index contributed by atoms with van der Waals surface area (Å²) in [6, 6.07) is 2.25. The Hall–Kier alpha value is -0.370. The van der Waals surface area contributed by atoms with Crippen LogP contribution < -0.4 is 10.0 Å². The fraction of sp³-hybridized carbons (Fsp3) is 0.667. The predicted octanol–water partition coefficient (Wildman–Crippen LogP) is 2.12. The molecule has 7 heteroatoms. The fourth-order valence-electron chi connectivity index (χ4n) is 2.01. The number of rotatable bonds is 6.